The van der Waals surface area contributed by atoms with Crippen LogP contribution in [0.2, 0.25) is 0 Å². The average molecular weight is 182 g/mol. The lowest BCUT2D eigenvalue weighted by molar-refractivity contribution is -0.155. The minimum absolute atomic E-state index is 0.0489. The van der Waals surface area contributed by atoms with Crippen molar-refractivity contribution in [3.05, 3.63) is 0 Å². The molecule has 3 rings (SSSR count). The Bertz CT molecular complexity index is 197. The summed E-state index contributed by atoms with van der Waals surface area (Å²) >= 11 is 0. The quantitative estimate of drug-likeness (QED) is 0.582. The normalized spacial score (nSPS) is 38.4. The van der Waals surface area contributed by atoms with Gasteiger partial charge < -0.3 is 4.74 Å². The third kappa shape index (κ3) is 1.47. The predicted molar refractivity (Wildman–Crippen MR) is 50.3 cm³/mol. The summed E-state index contributed by atoms with van der Waals surface area (Å²) in [5.41, 5.74) is -0.0816. The van der Waals surface area contributed by atoms with Gasteiger partial charge in [-0.05, 0) is 38.0 Å². The van der Waals surface area contributed by atoms with Gasteiger partial charge in [-0.15, -0.1) is 0 Å². The number of fused-ring (bicyclic) bond motifs is 4. The SMILES string of the molecule is COC(=O)C12CCCC(CC1)CC2. The van der Waals surface area contributed by atoms with Crippen LogP contribution in [0.15, 0.2) is 0 Å². The van der Waals surface area contributed by atoms with E-state index in [9.17, 15) is 4.79 Å². The highest BCUT2D eigenvalue weighted by molar-refractivity contribution is 5.76. The van der Waals surface area contributed by atoms with Crippen molar-refractivity contribution in [3.63, 3.8) is 0 Å². The molecular formula is C11H18O2. The summed E-state index contributed by atoms with van der Waals surface area (Å²) in [5.74, 6) is 0.952. The van der Waals surface area contributed by atoms with E-state index in [4.69, 9.17) is 4.74 Å². The number of methoxy groups -OCH3 is 1. The van der Waals surface area contributed by atoms with Gasteiger partial charge in [0, 0.05) is 0 Å². The van der Waals surface area contributed by atoms with Crippen molar-refractivity contribution >= 4 is 5.97 Å². The minimum atomic E-state index is -0.0816. The largest absolute Gasteiger partial charge is 0.469 e. The van der Waals surface area contributed by atoms with Crippen molar-refractivity contribution in [1.82, 2.24) is 0 Å². The Morgan fingerprint density at radius 2 is 1.92 bits per heavy atom. The molecule has 3 aliphatic carbocycles. The van der Waals surface area contributed by atoms with E-state index in [1.165, 1.54) is 32.8 Å². The number of carbonyl (C=O) groups is 1. The highest BCUT2D eigenvalue weighted by Gasteiger charge is 2.44. The maximum absolute atomic E-state index is 11.7. The Morgan fingerprint density at radius 1 is 1.23 bits per heavy atom. The van der Waals surface area contributed by atoms with E-state index in [-0.39, 0.29) is 11.4 Å². The molecule has 0 unspecified atom stereocenters. The summed E-state index contributed by atoms with van der Waals surface area (Å²) in [7, 11) is 1.52. The molecule has 0 aliphatic heterocycles. The van der Waals surface area contributed by atoms with Crippen molar-refractivity contribution in [2.24, 2.45) is 11.3 Å². The Morgan fingerprint density at radius 3 is 2.54 bits per heavy atom. The lowest BCUT2D eigenvalue weighted by atomic mass is 9.71. The van der Waals surface area contributed by atoms with Crippen molar-refractivity contribution in [2.45, 2.75) is 44.9 Å². The first-order valence-electron chi connectivity index (χ1n) is 5.35. The smallest absolute Gasteiger partial charge is 0.311 e. The van der Waals surface area contributed by atoms with Gasteiger partial charge in [-0.25, -0.2) is 0 Å². The average Bonchev–Trinajstić information content (AvgIpc) is 2.50. The molecule has 2 nitrogen and oxygen atoms in total. The lowest BCUT2D eigenvalue weighted by Crippen LogP contribution is -2.34. The summed E-state index contributed by atoms with van der Waals surface area (Å²) in [6.07, 6.45) is 8.26. The van der Waals surface area contributed by atoms with E-state index >= 15 is 0 Å². The molecule has 0 amide bonds. The lowest BCUT2D eigenvalue weighted by Gasteiger charge is -2.33. The molecule has 13 heavy (non-hydrogen) atoms. The van der Waals surface area contributed by atoms with Crippen LogP contribution in [-0.4, -0.2) is 13.1 Å². The van der Waals surface area contributed by atoms with E-state index in [0.29, 0.717) is 0 Å². The van der Waals surface area contributed by atoms with Gasteiger partial charge in [-0.3, -0.25) is 4.79 Å². The topological polar surface area (TPSA) is 26.3 Å². The molecule has 0 N–H and O–H groups in total. The molecule has 0 atom stereocenters. The van der Waals surface area contributed by atoms with Crippen molar-refractivity contribution in [2.75, 3.05) is 7.11 Å². The molecule has 2 bridgehead atoms. The van der Waals surface area contributed by atoms with E-state index in [2.05, 4.69) is 0 Å². The summed E-state index contributed by atoms with van der Waals surface area (Å²) in [6.45, 7) is 0. The van der Waals surface area contributed by atoms with Gasteiger partial charge in [-0.1, -0.05) is 12.8 Å². The van der Waals surface area contributed by atoms with Gasteiger partial charge in [-0.2, -0.15) is 0 Å². The number of hydrogen-bond donors (Lipinski definition) is 0. The number of rotatable bonds is 1. The number of ether oxygens (including phenoxy) is 1. The fourth-order valence-electron chi connectivity index (χ4n) is 3.02. The zero-order valence-electron chi connectivity index (χ0n) is 8.34. The van der Waals surface area contributed by atoms with Crippen molar-refractivity contribution in [1.29, 1.82) is 0 Å². The molecule has 0 aromatic carbocycles. The highest BCUT2D eigenvalue weighted by Crippen LogP contribution is 2.48. The van der Waals surface area contributed by atoms with Gasteiger partial charge in [0.2, 0.25) is 0 Å². The third-order valence-electron chi connectivity index (χ3n) is 3.95. The first-order chi connectivity index (χ1) is 6.27. The van der Waals surface area contributed by atoms with Crippen LogP contribution < -0.4 is 0 Å². The van der Waals surface area contributed by atoms with Crippen LogP contribution in [0.3, 0.4) is 0 Å². The van der Waals surface area contributed by atoms with E-state index < -0.39 is 0 Å². The fourth-order valence-corrected chi connectivity index (χ4v) is 3.02. The van der Waals surface area contributed by atoms with Crippen LogP contribution >= 0.6 is 0 Å². The summed E-state index contributed by atoms with van der Waals surface area (Å²) in [5, 5.41) is 0. The molecule has 0 aromatic rings. The maximum Gasteiger partial charge on any atom is 0.311 e. The van der Waals surface area contributed by atoms with Crippen LogP contribution in [0.1, 0.15) is 44.9 Å². The van der Waals surface area contributed by atoms with Crippen LogP contribution in [0, 0.1) is 11.3 Å². The highest BCUT2D eigenvalue weighted by atomic mass is 16.5. The van der Waals surface area contributed by atoms with Crippen molar-refractivity contribution < 1.29 is 9.53 Å². The van der Waals surface area contributed by atoms with E-state index in [1.54, 1.807) is 0 Å². The minimum Gasteiger partial charge on any atom is -0.469 e. The number of carbonyl (C=O) groups excluding carboxylic acids is 1. The van der Waals surface area contributed by atoms with Crippen LogP contribution in [0.25, 0.3) is 0 Å². The van der Waals surface area contributed by atoms with Gasteiger partial charge >= 0.3 is 5.97 Å². The van der Waals surface area contributed by atoms with Crippen LogP contribution in [-0.2, 0) is 9.53 Å². The summed E-state index contributed by atoms with van der Waals surface area (Å²) in [4.78, 5) is 11.7. The molecule has 3 saturated carbocycles. The van der Waals surface area contributed by atoms with E-state index in [1.807, 2.05) is 0 Å². The van der Waals surface area contributed by atoms with Gasteiger partial charge in [0.1, 0.15) is 0 Å². The molecule has 0 heterocycles. The Labute approximate surface area is 79.7 Å². The second-order valence-corrected chi connectivity index (χ2v) is 4.61. The first-order valence-corrected chi connectivity index (χ1v) is 5.35. The molecule has 0 aromatic heterocycles. The Balaban J connectivity index is 2.16. The maximum atomic E-state index is 11.7. The molecule has 2 heteroatoms. The first kappa shape index (κ1) is 9.04. The molecule has 0 radical (unpaired) electrons. The van der Waals surface area contributed by atoms with Crippen molar-refractivity contribution in [3.8, 4) is 0 Å². The van der Waals surface area contributed by atoms with Crippen LogP contribution in [0.5, 0.6) is 0 Å². The fraction of sp³-hybridized carbons (Fsp3) is 0.909. The second kappa shape index (κ2) is 3.32. The zero-order valence-corrected chi connectivity index (χ0v) is 8.34. The second-order valence-electron chi connectivity index (χ2n) is 4.61. The standard InChI is InChI=1S/C11H18O2/c1-13-10(12)11-6-2-3-9(4-7-11)5-8-11/h9H,2-8H2,1H3. The van der Waals surface area contributed by atoms with E-state index in [0.717, 1.165) is 25.2 Å². The number of hydrogen-bond acceptors (Lipinski definition) is 2. The molecule has 0 saturated heterocycles. The molecule has 0 spiro atoms. The molecular weight excluding hydrogens is 164 g/mol. The summed E-state index contributed by atoms with van der Waals surface area (Å²) < 4.78 is 4.93. The zero-order chi connectivity index (χ0) is 9.31. The number of esters is 1. The van der Waals surface area contributed by atoms with Crippen LogP contribution in [0.4, 0.5) is 0 Å². The molecule has 3 fully saturated rings. The summed E-state index contributed by atoms with van der Waals surface area (Å²) in [6, 6.07) is 0. The monoisotopic (exact) mass is 182 g/mol. The molecule has 74 valence electrons. The third-order valence-corrected chi connectivity index (χ3v) is 3.95. The predicted octanol–water partition coefficient (Wildman–Crippen LogP) is 2.52. The molecule has 3 aliphatic rings. The Hall–Kier alpha value is -0.530. The Kier molecular flexibility index (Phi) is 2.31. The van der Waals surface area contributed by atoms with Gasteiger partial charge in [0.05, 0.1) is 12.5 Å². The van der Waals surface area contributed by atoms with Gasteiger partial charge in [0.25, 0.3) is 0 Å². The van der Waals surface area contributed by atoms with Gasteiger partial charge in [0.15, 0.2) is 0 Å².